The van der Waals surface area contributed by atoms with Crippen LogP contribution in [0.5, 0.6) is 0 Å². The molecule has 0 aliphatic heterocycles. The van der Waals surface area contributed by atoms with E-state index in [1.807, 2.05) is 0 Å². The second-order valence-corrected chi connectivity index (χ2v) is 2.94. The zero-order valence-electron chi connectivity index (χ0n) is 8.13. The van der Waals surface area contributed by atoms with Crippen molar-refractivity contribution in [3.05, 3.63) is 0 Å². The molecule has 0 radical (unpaired) electrons. The number of terminal acetylenes is 1. The Labute approximate surface area is 78.3 Å². The third-order valence-electron chi connectivity index (χ3n) is 2.17. The molecule has 2 N–H and O–H groups in total. The largest absolute Gasteiger partial charge is 0.480 e. The van der Waals surface area contributed by atoms with Crippen LogP contribution in [0.1, 0.15) is 13.8 Å². The van der Waals surface area contributed by atoms with E-state index in [2.05, 4.69) is 11.2 Å². The topological polar surface area (TPSA) is 58.6 Å². The van der Waals surface area contributed by atoms with E-state index in [0.29, 0.717) is 0 Å². The van der Waals surface area contributed by atoms with Gasteiger partial charge in [0.15, 0.2) is 0 Å². The van der Waals surface area contributed by atoms with E-state index >= 15 is 0 Å². The van der Waals surface area contributed by atoms with Gasteiger partial charge in [-0.15, -0.1) is 6.42 Å². The lowest BCUT2D eigenvalue weighted by molar-refractivity contribution is -0.149. The summed E-state index contributed by atoms with van der Waals surface area (Å²) in [7, 11) is 1.46. The number of rotatable bonds is 5. The van der Waals surface area contributed by atoms with Gasteiger partial charge in [0.05, 0.1) is 12.6 Å². The number of carbonyl (C=O) groups is 1. The Morgan fingerprint density at radius 2 is 2.38 bits per heavy atom. The molecule has 0 aromatic carbocycles. The molecule has 0 saturated carbocycles. The molecule has 0 amide bonds. The van der Waals surface area contributed by atoms with Crippen LogP contribution in [0, 0.1) is 12.3 Å². The minimum atomic E-state index is -1.14. The number of methoxy groups -OCH3 is 1. The van der Waals surface area contributed by atoms with Crippen molar-refractivity contribution in [2.75, 3.05) is 13.7 Å². The van der Waals surface area contributed by atoms with Crippen LogP contribution in [-0.4, -0.2) is 36.4 Å². The summed E-state index contributed by atoms with van der Waals surface area (Å²) in [4.78, 5) is 10.9. The Bertz CT molecular complexity index is 221. The molecule has 0 aromatic heterocycles. The van der Waals surface area contributed by atoms with Crippen LogP contribution < -0.4 is 5.32 Å². The number of hydrogen-bond acceptors (Lipinski definition) is 3. The van der Waals surface area contributed by atoms with Crippen molar-refractivity contribution in [1.29, 1.82) is 0 Å². The second-order valence-electron chi connectivity index (χ2n) is 2.94. The standard InChI is InChI=1S/C9H15NO3/c1-5-6-10-9(3,8(11)12)7(2)13-4/h1,7,10H,6H2,2-4H3,(H,11,12). The number of hydrogen-bond donors (Lipinski definition) is 2. The Kier molecular flexibility index (Phi) is 4.46. The summed E-state index contributed by atoms with van der Waals surface area (Å²) in [5, 5.41) is 11.7. The molecule has 0 fully saturated rings. The maximum Gasteiger partial charge on any atom is 0.326 e. The van der Waals surface area contributed by atoms with E-state index < -0.39 is 17.6 Å². The smallest absolute Gasteiger partial charge is 0.326 e. The van der Waals surface area contributed by atoms with E-state index in [4.69, 9.17) is 16.3 Å². The first-order valence-corrected chi connectivity index (χ1v) is 3.93. The van der Waals surface area contributed by atoms with E-state index in [9.17, 15) is 4.79 Å². The van der Waals surface area contributed by atoms with Crippen LogP contribution in [0.25, 0.3) is 0 Å². The molecule has 13 heavy (non-hydrogen) atoms. The lowest BCUT2D eigenvalue weighted by Gasteiger charge is -2.30. The predicted molar refractivity (Wildman–Crippen MR) is 49.3 cm³/mol. The molecule has 0 rings (SSSR count). The quantitative estimate of drug-likeness (QED) is 0.596. The number of ether oxygens (including phenoxy) is 1. The Hall–Kier alpha value is -1.05. The highest BCUT2D eigenvalue weighted by molar-refractivity contribution is 5.79. The van der Waals surface area contributed by atoms with Crippen LogP contribution in [0.3, 0.4) is 0 Å². The molecule has 4 heteroatoms. The van der Waals surface area contributed by atoms with E-state index in [1.165, 1.54) is 7.11 Å². The van der Waals surface area contributed by atoms with Gasteiger partial charge in [-0.3, -0.25) is 10.1 Å². The van der Waals surface area contributed by atoms with Gasteiger partial charge in [0.25, 0.3) is 0 Å². The van der Waals surface area contributed by atoms with Crippen molar-refractivity contribution < 1.29 is 14.6 Å². The van der Waals surface area contributed by atoms with Crippen LogP contribution >= 0.6 is 0 Å². The van der Waals surface area contributed by atoms with Gasteiger partial charge in [-0.25, -0.2) is 0 Å². The van der Waals surface area contributed by atoms with Gasteiger partial charge in [-0.1, -0.05) is 5.92 Å². The first-order chi connectivity index (χ1) is 5.99. The fourth-order valence-corrected chi connectivity index (χ4v) is 0.864. The predicted octanol–water partition coefficient (Wildman–Crippen LogP) is 0.0874. The van der Waals surface area contributed by atoms with Crippen molar-refractivity contribution in [1.82, 2.24) is 5.32 Å². The molecule has 0 spiro atoms. The summed E-state index contributed by atoms with van der Waals surface area (Å²) in [6, 6.07) is 0. The van der Waals surface area contributed by atoms with Crippen molar-refractivity contribution in [2.24, 2.45) is 0 Å². The molecule has 2 unspecified atom stereocenters. The highest BCUT2D eigenvalue weighted by Crippen LogP contribution is 2.12. The van der Waals surface area contributed by atoms with Gasteiger partial charge in [-0.05, 0) is 13.8 Å². The minimum Gasteiger partial charge on any atom is -0.480 e. The molecule has 2 atom stereocenters. The number of nitrogens with one attached hydrogen (secondary N) is 1. The normalized spacial score (nSPS) is 17.1. The van der Waals surface area contributed by atoms with Gasteiger partial charge in [0, 0.05) is 7.11 Å². The average Bonchev–Trinajstić information content (AvgIpc) is 2.12. The molecule has 0 saturated heterocycles. The maximum absolute atomic E-state index is 10.9. The molecule has 0 aliphatic carbocycles. The van der Waals surface area contributed by atoms with Gasteiger partial charge in [0.1, 0.15) is 5.54 Å². The molecular formula is C9H15NO3. The SMILES string of the molecule is C#CCNC(C)(C(=O)O)C(C)OC. The van der Waals surface area contributed by atoms with E-state index in [0.717, 1.165) is 0 Å². The highest BCUT2D eigenvalue weighted by Gasteiger charge is 2.38. The summed E-state index contributed by atoms with van der Waals surface area (Å²) in [5.41, 5.74) is -1.14. The highest BCUT2D eigenvalue weighted by atomic mass is 16.5. The molecule has 0 heterocycles. The summed E-state index contributed by atoms with van der Waals surface area (Å²) < 4.78 is 4.96. The van der Waals surface area contributed by atoms with Crippen molar-refractivity contribution in [3.8, 4) is 12.3 Å². The number of carboxylic acids is 1. The molecular weight excluding hydrogens is 170 g/mol. The second kappa shape index (κ2) is 4.85. The number of aliphatic carboxylic acids is 1. The van der Waals surface area contributed by atoms with Crippen molar-refractivity contribution in [2.45, 2.75) is 25.5 Å². The third kappa shape index (κ3) is 2.72. The maximum atomic E-state index is 10.9. The number of carboxylic acid groups (broad SMARTS) is 1. The molecule has 74 valence electrons. The molecule has 0 aliphatic rings. The van der Waals surface area contributed by atoms with Crippen LogP contribution in [-0.2, 0) is 9.53 Å². The van der Waals surface area contributed by atoms with E-state index in [1.54, 1.807) is 13.8 Å². The van der Waals surface area contributed by atoms with Crippen LogP contribution in [0.4, 0.5) is 0 Å². The summed E-state index contributed by atoms with van der Waals surface area (Å²) in [6.07, 6.45) is 4.59. The van der Waals surface area contributed by atoms with Crippen LogP contribution in [0.2, 0.25) is 0 Å². The molecule has 4 nitrogen and oxygen atoms in total. The molecule has 0 bridgehead atoms. The zero-order chi connectivity index (χ0) is 10.5. The van der Waals surface area contributed by atoms with Crippen molar-refractivity contribution in [3.63, 3.8) is 0 Å². The Morgan fingerprint density at radius 1 is 1.85 bits per heavy atom. The first-order valence-electron chi connectivity index (χ1n) is 3.93. The third-order valence-corrected chi connectivity index (χ3v) is 2.17. The summed E-state index contributed by atoms with van der Waals surface area (Å²) in [6.45, 7) is 3.43. The van der Waals surface area contributed by atoms with Gasteiger partial charge < -0.3 is 9.84 Å². The zero-order valence-corrected chi connectivity index (χ0v) is 8.13. The monoisotopic (exact) mass is 185 g/mol. The van der Waals surface area contributed by atoms with Crippen molar-refractivity contribution >= 4 is 5.97 Å². The van der Waals surface area contributed by atoms with Gasteiger partial charge in [-0.2, -0.15) is 0 Å². The lowest BCUT2D eigenvalue weighted by atomic mass is 9.96. The van der Waals surface area contributed by atoms with E-state index in [-0.39, 0.29) is 6.54 Å². The fraction of sp³-hybridized carbons (Fsp3) is 0.667. The Balaban J connectivity index is 4.54. The fourth-order valence-electron chi connectivity index (χ4n) is 0.864. The molecule has 0 aromatic rings. The van der Waals surface area contributed by atoms with Crippen LogP contribution in [0.15, 0.2) is 0 Å². The Morgan fingerprint density at radius 3 is 2.69 bits per heavy atom. The van der Waals surface area contributed by atoms with Gasteiger partial charge >= 0.3 is 5.97 Å². The first kappa shape index (κ1) is 11.9. The van der Waals surface area contributed by atoms with Gasteiger partial charge in [0.2, 0.25) is 0 Å². The minimum absolute atomic E-state index is 0.205. The summed E-state index contributed by atoms with van der Waals surface area (Å²) in [5.74, 6) is 1.35. The average molecular weight is 185 g/mol. The lowest BCUT2D eigenvalue weighted by Crippen LogP contribution is -2.57. The summed E-state index contributed by atoms with van der Waals surface area (Å²) >= 11 is 0.